The topological polar surface area (TPSA) is 139 Å². The Bertz CT molecular complexity index is 1990. The number of rotatable bonds is 14. The van der Waals surface area contributed by atoms with Crippen LogP contribution in [-0.2, 0) is 23.5 Å². The highest BCUT2D eigenvalue weighted by Crippen LogP contribution is 2.47. The highest BCUT2D eigenvalue weighted by atomic mass is 16.5. The van der Waals surface area contributed by atoms with E-state index in [1.54, 1.807) is 78.4 Å². The quantitative estimate of drug-likeness (QED) is 0.127. The Hall–Kier alpha value is -5.78. The zero-order valence-electron chi connectivity index (χ0n) is 28.8. The maximum Gasteiger partial charge on any atom is 0.264 e. The second-order valence-electron chi connectivity index (χ2n) is 12.5. The van der Waals surface area contributed by atoms with Crippen molar-refractivity contribution in [3.8, 4) is 11.5 Å². The van der Waals surface area contributed by atoms with E-state index in [1.165, 1.54) is 0 Å². The van der Waals surface area contributed by atoms with Gasteiger partial charge in [0.05, 0.1) is 44.7 Å². The van der Waals surface area contributed by atoms with E-state index in [2.05, 4.69) is 15.6 Å². The van der Waals surface area contributed by atoms with Gasteiger partial charge in [-0.1, -0.05) is 66.8 Å². The van der Waals surface area contributed by atoms with Crippen molar-refractivity contribution in [3.63, 3.8) is 0 Å². The molecular formula is C40H41N5O6. The molecule has 262 valence electrons. The molecule has 2 amide bonds. The zero-order chi connectivity index (χ0) is 36.0. The van der Waals surface area contributed by atoms with E-state index >= 15 is 0 Å². The molecule has 1 aliphatic rings. The molecule has 6 rings (SSSR count). The molecule has 0 saturated carbocycles. The number of nitrogens with zero attached hydrogens (tertiary/aromatic N) is 4. The van der Waals surface area contributed by atoms with Gasteiger partial charge in [-0.05, 0) is 72.1 Å². The van der Waals surface area contributed by atoms with E-state index in [4.69, 9.17) is 9.47 Å². The number of aromatic nitrogens is 3. The first kappa shape index (κ1) is 35.1. The molecule has 0 radical (unpaired) electrons. The van der Waals surface area contributed by atoms with Crippen molar-refractivity contribution in [2.75, 3.05) is 31.0 Å². The summed E-state index contributed by atoms with van der Waals surface area (Å²) in [7, 11) is 3.12. The summed E-state index contributed by atoms with van der Waals surface area (Å²) in [6, 6.07) is 29.1. The maximum absolute atomic E-state index is 14.1. The third kappa shape index (κ3) is 7.40. The van der Waals surface area contributed by atoms with Crippen LogP contribution < -0.4 is 19.7 Å². The minimum Gasteiger partial charge on any atom is -0.497 e. The Morgan fingerprint density at radius 1 is 0.961 bits per heavy atom. The number of fused-ring (bicyclic) bond motifs is 1. The number of anilines is 2. The maximum atomic E-state index is 14.1. The molecule has 3 atom stereocenters. The average Bonchev–Trinajstić information content (AvgIpc) is 3.71. The van der Waals surface area contributed by atoms with Crippen LogP contribution in [0.1, 0.15) is 52.0 Å². The molecular weight excluding hydrogens is 646 g/mol. The van der Waals surface area contributed by atoms with Crippen molar-refractivity contribution in [1.82, 2.24) is 15.0 Å². The lowest BCUT2D eigenvalue weighted by atomic mass is 9.83. The molecule has 11 heteroatoms. The SMILES string of the molecule is COc1ccc(C(=O)Nc2ccc(CN3C(=O)[C@@](O)([C@@H](C)/C=C/CCn4cc(C(CO)c5ccccc5)nn4)c4cc(OC)ccc43)cc2)cc1. The van der Waals surface area contributed by atoms with Gasteiger partial charge in [-0.2, -0.15) is 0 Å². The van der Waals surface area contributed by atoms with Gasteiger partial charge in [0.15, 0.2) is 5.60 Å². The molecule has 11 nitrogen and oxygen atoms in total. The average molecular weight is 688 g/mol. The van der Waals surface area contributed by atoms with Gasteiger partial charge in [0, 0.05) is 35.5 Å². The highest BCUT2D eigenvalue weighted by Gasteiger charge is 2.52. The normalized spacial score (nSPS) is 16.6. The second-order valence-corrected chi connectivity index (χ2v) is 12.5. The predicted molar refractivity (Wildman–Crippen MR) is 194 cm³/mol. The van der Waals surface area contributed by atoms with Crippen LogP contribution in [0.5, 0.6) is 11.5 Å². The minimum absolute atomic E-state index is 0.0785. The summed E-state index contributed by atoms with van der Waals surface area (Å²) < 4.78 is 12.4. The van der Waals surface area contributed by atoms with Crippen LogP contribution in [-0.4, -0.2) is 57.8 Å². The Kier molecular flexibility index (Phi) is 10.6. The number of carbonyl (C=O) groups excluding carboxylic acids is 2. The predicted octanol–water partition coefficient (Wildman–Crippen LogP) is 5.69. The summed E-state index contributed by atoms with van der Waals surface area (Å²) in [5.41, 5.74) is 2.84. The van der Waals surface area contributed by atoms with Gasteiger partial charge in [-0.15, -0.1) is 5.10 Å². The van der Waals surface area contributed by atoms with Crippen molar-refractivity contribution in [2.24, 2.45) is 5.92 Å². The number of aryl methyl sites for hydroxylation is 1. The lowest BCUT2D eigenvalue weighted by molar-refractivity contribution is -0.139. The number of nitrogens with one attached hydrogen (secondary N) is 1. The Morgan fingerprint density at radius 3 is 2.35 bits per heavy atom. The van der Waals surface area contributed by atoms with Crippen LogP contribution in [0.4, 0.5) is 11.4 Å². The molecule has 1 aliphatic heterocycles. The summed E-state index contributed by atoms with van der Waals surface area (Å²) in [6.45, 7) is 2.49. The molecule has 3 N–H and O–H groups in total. The number of benzene rings is 4. The van der Waals surface area contributed by atoms with E-state index in [9.17, 15) is 19.8 Å². The van der Waals surface area contributed by atoms with Gasteiger partial charge in [0.2, 0.25) is 0 Å². The summed E-state index contributed by atoms with van der Waals surface area (Å²) >= 11 is 0. The van der Waals surface area contributed by atoms with Crippen LogP contribution >= 0.6 is 0 Å². The smallest absolute Gasteiger partial charge is 0.264 e. The van der Waals surface area contributed by atoms with Gasteiger partial charge < -0.3 is 29.9 Å². The van der Waals surface area contributed by atoms with E-state index in [-0.39, 0.29) is 25.0 Å². The monoisotopic (exact) mass is 687 g/mol. The molecule has 0 saturated heterocycles. The molecule has 1 unspecified atom stereocenters. The molecule has 1 aromatic heterocycles. The first-order chi connectivity index (χ1) is 24.7. The molecule has 4 aromatic carbocycles. The van der Waals surface area contributed by atoms with E-state index in [0.29, 0.717) is 52.7 Å². The number of ether oxygens (including phenoxy) is 2. The van der Waals surface area contributed by atoms with Crippen molar-refractivity contribution in [3.05, 3.63) is 143 Å². The highest BCUT2D eigenvalue weighted by molar-refractivity contribution is 6.07. The van der Waals surface area contributed by atoms with Crippen LogP contribution in [0.2, 0.25) is 0 Å². The summed E-state index contributed by atoms with van der Waals surface area (Å²) in [5.74, 6) is -0.314. The minimum atomic E-state index is -1.82. The lowest BCUT2D eigenvalue weighted by Gasteiger charge is -2.28. The van der Waals surface area contributed by atoms with Crippen molar-refractivity contribution in [1.29, 1.82) is 0 Å². The van der Waals surface area contributed by atoms with Crippen LogP contribution in [0.15, 0.2) is 115 Å². The van der Waals surface area contributed by atoms with Crippen LogP contribution in [0, 0.1) is 5.92 Å². The fourth-order valence-corrected chi connectivity index (χ4v) is 6.32. The van der Waals surface area contributed by atoms with Gasteiger partial charge in [-0.3, -0.25) is 14.3 Å². The third-order valence-electron chi connectivity index (χ3n) is 9.29. The summed E-state index contributed by atoms with van der Waals surface area (Å²) in [4.78, 5) is 28.4. The lowest BCUT2D eigenvalue weighted by Crippen LogP contribution is -2.44. The van der Waals surface area contributed by atoms with Crippen LogP contribution in [0.3, 0.4) is 0 Å². The molecule has 0 bridgehead atoms. The first-order valence-electron chi connectivity index (χ1n) is 16.7. The van der Waals surface area contributed by atoms with Gasteiger partial charge in [0.25, 0.3) is 11.8 Å². The number of aliphatic hydroxyl groups excluding tert-OH is 1. The number of allylic oxidation sites excluding steroid dienone is 1. The van der Waals surface area contributed by atoms with Crippen molar-refractivity contribution < 1.29 is 29.3 Å². The van der Waals surface area contributed by atoms with E-state index < -0.39 is 17.4 Å². The largest absolute Gasteiger partial charge is 0.497 e. The Labute approximate surface area is 296 Å². The molecule has 5 aromatic rings. The molecule has 0 fully saturated rings. The molecule has 51 heavy (non-hydrogen) atoms. The fourth-order valence-electron chi connectivity index (χ4n) is 6.32. The number of aliphatic hydroxyl groups is 2. The van der Waals surface area contributed by atoms with Crippen molar-refractivity contribution in [2.45, 2.75) is 38.0 Å². The molecule has 0 spiro atoms. The van der Waals surface area contributed by atoms with Gasteiger partial charge in [-0.25, -0.2) is 0 Å². The number of hydrogen-bond acceptors (Lipinski definition) is 8. The summed E-state index contributed by atoms with van der Waals surface area (Å²) in [5, 5.41) is 33.6. The fraction of sp³-hybridized carbons (Fsp3) is 0.250. The summed E-state index contributed by atoms with van der Waals surface area (Å²) in [6.07, 6.45) is 6.20. The van der Waals surface area contributed by atoms with Gasteiger partial charge in [0.1, 0.15) is 11.5 Å². The molecule has 2 heterocycles. The van der Waals surface area contributed by atoms with Gasteiger partial charge >= 0.3 is 0 Å². The zero-order valence-corrected chi connectivity index (χ0v) is 28.8. The number of amides is 2. The number of hydrogen-bond donors (Lipinski definition) is 3. The van der Waals surface area contributed by atoms with Crippen molar-refractivity contribution >= 4 is 23.2 Å². The second kappa shape index (κ2) is 15.4. The van der Waals surface area contributed by atoms with E-state index in [1.807, 2.05) is 67.7 Å². The van der Waals surface area contributed by atoms with Crippen LogP contribution in [0.25, 0.3) is 0 Å². The standard InChI is InChI=1S/C40H41N5O6/c1-27(9-7-8-22-44-25-36(42-43-44)34(26-46)29-10-5-4-6-11-29)40(49)35-23-33(51-3)20-21-37(35)45(39(40)48)24-28-12-16-31(17-13-28)41-38(47)30-14-18-32(50-2)19-15-30/h4-7,9-21,23,25,27,34,46,49H,8,22,24,26H2,1-3H3,(H,41,47)/b9-7+/t27-,34?,40+/m0/s1. The Morgan fingerprint density at radius 2 is 1.67 bits per heavy atom. The molecule has 0 aliphatic carbocycles. The number of methoxy groups -OCH3 is 2. The third-order valence-corrected chi connectivity index (χ3v) is 9.29. The first-order valence-corrected chi connectivity index (χ1v) is 16.7. The Balaban J connectivity index is 1.13. The number of carbonyl (C=O) groups is 2. The van der Waals surface area contributed by atoms with E-state index in [0.717, 1.165) is 11.1 Å².